The summed E-state index contributed by atoms with van der Waals surface area (Å²) >= 11 is 7.36. The van der Waals surface area contributed by atoms with Gasteiger partial charge in [0.05, 0.1) is 16.3 Å². The third-order valence-electron chi connectivity index (χ3n) is 4.76. The number of hydrogen-bond acceptors (Lipinski definition) is 5. The van der Waals surface area contributed by atoms with Crippen LogP contribution in [0.2, 0.25) is 10.8 Å². The highest BCUT2D eigenvalue weighted by Gasteiger charge is 2.34. The number of amides is 1. The monoisotopic (exact) mass is 389 g/mol. The minimum atomic E-state index is -1.38. The lowest BCUT2D eigenvalue weighted by Crippen LogP contribution is -2.30. The average molecular weight is 390 g/mol. The minimum absolute atomic E-state index is 0.0728. The zero-order valence-electron chi connectivity index (χ0n) is 14.1. The molecule has 1 aliphatic rings. The molecule has 0 aliphatic carbocycles. The SMILES string of the molecule is Cc1nn(-c2ccc(Cl)cc2)c2sc(C(=O)N3CCC(B(O)O)C3)cc12. The number of aryl methyl sites for hydroxylation is 1. The molecule has 3 aromatic rings. The van der Waals surface area contributed by atoms with E-state index in [9.17, 15) is 14.8 Å². The molecule has 26 heavy (non-hydrogen) atoms. The van der Waals surface area contributed by atoms with Crippen LogP contribution in [0.15, 0.2) is 30.3 Å². The van der Waals surface area contributed by atoms with Gasteiger partial charge in [-0.1, -0.05) is 11.6 Å². The highest BCUT2D eigenvalue weighted by atomic mass is 35.5. The number of aromatic nitrogens is 2. The molecule has 4 rings (SSSR count). The minimum Gasteiger partial charge on any atom is -0.427 e. The largest absolute Gasteiger partial charge is 0.456 e. The lowest BCUT2D eigenvalue weighted by molar-refractivity contribution is 0.0797. The van der Waals surface area contributed by atoms with Gasteiger partial charge in [0.25, 0.3) is 5.91 Å². The normalized spacial score (nSPS) is 17.2. The van der Waals surface area contributed by atoms with Crippen molar-refractivity contribution in [3.05, 3.63) is 45.9 Å². The molecule has 1 saturated heterocycles. The van der Waals surface area contributed by atoms with E-state index >= 15 is 0 Å². The fourth-order valence-electron chi connectivity index (χ4n) is 3.28. The van der Waals surface area contributed by atoms with E-state index in [2.05, 4.69) is 5.10 Å². The first-order valence-electron chi connectivity index (χ1n) is 8.34. The highest BCUT2D eigenvalue weighted by molar-refractivity contribution is 7.20. The summed E-state index contributed by atoms with van der Waals surface area (Å²) in [4.78, 5) is 16.0. The van der Waals surface area contributed by atoms with Crippen molar-refractivity contribution in [1.82, 2.24) is 14.7 Å². The number of fused-ring (bicyclic) bond motifs is 1. The lowest BCUT2D eigenvalue weighted by atomic mass is 9.72. The maximum atomic E-state index is 12.8. The number of carbonyl (C=O) groups is 1. The molecule has 1 fully saturated rings. The smallest absolute Gasteiger partial charge is 0.427 e. The van der Waals surface area contributed by atoms with Crippen LogP contribution >= 0.6 is 22.9 Å². The Balaban J connectivity index is 1.67. The van der Waals surface area contributed by atoms with E-state index in [1.165, 1.54) is 11.3 Å². The van der Waals surface area contributed by atoms with Gasteiger partial charge in [0, 0.05) is 29.3 Å². The van der Waals surface area contributed by atoms with Gasteiger partial charge in [-0.15, -0.1) is 11.3 Å². The summed E-state index contributed by atoms with van der Waals surface area (Å²) in [6.45, 7) is 2.83. The van der Waals surface area contributed by atoms with E-state index in [1.807, 2.05) is 41.9 Å². The van der Waals surface area contributed by atoms with Gasteiger partial charge in [-0.25, -0.2) is 4.68 Å². The molecule has 1 unspecified atom stereocenters. The number of nitrogens with zero attached hydrogens (tertiary/aromatic N) is 3. The molecule has 1 amide bonds. The molecule has 0 spiro atoms. The molecule has 0 bridgehead atoms. The first-order valence-corrected chi connectivity index (χ1v) is 9.54. The predicted molar refractivity (Wildman–Crippen MR) is 103 cm³/mol. The summed E-state index contributed by atoms with van der Waals surface area (Å²) in [7, 11) is -1.38. The second-order valence-corrected chi connectivity index (χ2v) is 7.98. The van der Waals surface area contributed by atoms with Crippen LogP contribution in [0.3, 0.4) is 0 Å². The van der Waals surface area contributed by atoms with Gasteiger partial charge in [-0.2, -0.15) is 5.10 Å². The Morgan fingerprint density at radius 3 is 2.73 bits per heavy atom. The molecular weight excluding hydrogens is 373 g/mol. The Morgan fingerprint density at radius 1 is 1.35 bits per heavy atom. The molecule has 1 aliphatic heterocycles. The van der Waals surface area contributed by atoms with Crippen LogP contribution in [0.1, 0.15) is 21.8 Å². The molecule has 2 aromatic heterocycles. The Morgan fingerprint density at radius 2 is 2.08 bits per heavy atom. The van der Waals surface area contributed by atoms with Crippen LogP contribution in [0.25, 0.3) is 15.9 Å². The Kier molecular flexibility index (Phi) is 4.52. The fraction of sp³-hybridized carbons (Fsp3) is 0.294. The summed E-state index contributed by atoms with van der Waals surface area (Å²) in [6, 6.07) is 9.28. The molecule has 9 heteroatoms. The maximum absolute atomic E-state index is 12.8. The first-order chi connectivity index (χ1) is 12.4. The van der Waals surface area contributed by atoms with Crippen molar-refractivity contribution in [3.8, 4) is 5.69 Å². The average Bonchev–Trinajstić information content (AvgIpc) is 3.32. The number of carbonyl (C=O) groups excluding carboxylic acids is 1. The zero-order chi connectivity index (χ0) is 18.4. The standard InChI is InChI=1S/C17H17BClN3O3S/c1-10-14-8-15(16(23)21-7-6-11(9-21)18(24)25)26-17(14)22(20-10)13-4-2-12(19)3-5-13/h2-5,8,11,24-25H,6-7,9H2,1H3. The molecule has 134 valence electrons. The second-order valence-electron chi connectivity index (χ2n) is 6.52. The second kappa shape index (κ2) is 6.70. The van der Waals surface area contributed by atoms with Gasteiger partial charge < -0.3 is 14.9 Å². The number of benzene rings is 1. The number of thiophene rings is 1. The van der Waals surface area contributed by atoms with Gasteiger partial charge >= 0.3 is 7.12 Å². The van der Waals surface area contributed by atoms with Crippen molar-refractivity contribution >= 4 is 46.2 Å². The van der Waals surface area contributed by atoms with Crippen LogP contribution in [0, 0.1) is 6.92 Å². The molecule has 1 atom stereocenters. The van der Waals surface area contributed by atoms with Crippen molar-refractivity contribution in [3.63, 3.8) is 0 Å². The Bertz CT molecular complexity index is 970. The Labute approximate surface area is 159 Å². The predicted octanol–water partition coefficient (Wildman–Crippen LogP) is 2.74. The van der Waals surface area contributed by atoms with Gasteiger partial charge in [-0.3, -0.25) is 4.79 Å². The quantitative estimate of drug-likeness (QED) is 0.675. The topological polar surface area (TPSA) is 78.6 Å². The molecule has 3 heterocycles. The highest BCUT2D eigenvalue weighted by Crippen LogP contribution is 2.33. The summed E-state index contributed by atoms with van der Waals surface area (Å²) in [5.41, 5.74) is 1.74. The molecule has 0 saturated carbocycles. The number of halogens is 1. The van der Waals surface area contributed by atoms with E-state index in [0.29, 0.717) is 29.4 Å². The van der Waals surface area contributed by atoms with Gasteiger partial charge in [-0.05, 0) is 43.7 Å². The van der Waals surface area contributed by atoms with E-state index in [1.54, 1.807) is 4.90 Å². The number of rotatable bonds is 3. The third-order valence-corrected chi connectivity index (χ3v) is 6.11. The van der Waals surface area contributed by atoms with E-state index < -0.39 is 7.12 Å². The van der Waals surface area contributed by atoms with Crippen molar-refractivity contribution in [2.75, 3.05) is 13.1 Å². The van der Waals surface area contributed by atoms with Crippen molar-refractivity contribution < 1.29 is 14.8 Å². The molecule has 0 radical (unpaired) electrons. The van der Waals surface area contributed by atoms with Gasteiger partial charge in [0.2, 0.25) is 0 Å². The third kappa shape index (κ3) is 3.03. The van der Waals surface area contributed by atoms with E-state index in [-0.39, 0.29) is 11.7 Å². The van der Waals surface area contributed by atoms with Crippen molar-refractivity contribution in [2.24, 2.45) is 0 Å². The molecular formula is C17H17BClN3O3S. The van der Waals surface area contributed by atoms with E-state index in [4.69, 9.17) is 11.6 Å². The Hall–Kier alpha value is -1.87. The first kappa shape index (κ1) is 17.5. The van der Waals surface area contributed by atoms with Crippen LogP contribution < -0.4 is 0 Å². The van der Waals surface area contributed by atoms with Crippen LogP contribution in [-0.2, 0) is 0 Å². The molecule has 2 N–H and O–H groups in total. The van der Waals surface area contributed by atoms with Crippen LogP contribution in [-0.4, -0.2) is 50.8 Å². The lowest BCUT2D eigenvalue weighted by Gasteiger charge is -2.15. The summed E-state index contributed by atoms with van der Waals surface area (Å²) in [5, 5.41) is 24.8. The van der Waals surface area contributed by atoms with Crippen LogP contribution in [0.4, 0.5) is 0 Å². The van der Waals surface area contributed by atoms with Crippen molar-refractivity contribution in [1.29, 1.82) is 0 Å². The summed E-state index contributed by atoms with van der Waals surface area (Å²) in [6.07, 6.45) is 0.603. The summed E-state index contributed by atoms with van der Waals surface area (Å²) in [5.74, 6) is -0.351. The zero-order valence-corrected chi connectivity index (χ0v) is 15.7. The molecule has 1 aromatic carbocycles. The van der Waals surface area contributed by atoms with Gasteiger partial charge in [0.15, 0.2) is 0 Å². The maximum Gasteiger partial charge on any atom is 0.456 e. The molecule has 6 nitrogen and oxygen atoms in total. The van der Waals surface area contributed by atoms with Crippen LogP contribution in [0.5, 0.6) is 0 Å². The summed E-state index contributed by atoms with van der Waals surface area (Å²) < 4.78 is 1.83. The number of likely N-dealkylation sites (tertiary alicyclic amines) is 1. The van der Waals surface area contributed by atoms with Gasteiger partial charge in [0.1, 0.15) is 4.83 Å². The number of hydrogen-bond donors (Lipinski definition) is 2. The van der Waals surface area contributed by atoms with E-state index in [0.717, 1.165) is 21.6 Å². The van der Waals surface area contributed by atoms with Crippen molar-refractivity contribution in [2.45, 2.75) is 19.2 Å². The fourth-order valence-corrected chi connectivity index (χ4v) is 4.56.